The molecule has 26 heavy (non-hydrogen) atoms. The molecule has 0 amide bonds. The van der Waals surface area contributed by atoms with E-state index in [1.165, 1.54) is 0 Å². The SMILES string of the molecule is CC(C)[Si]1(C(C)C)OC[C@@H]2O[C@@H]([B]P)[C@@H](O)C2O[Si](C(C)C)(C(C)C)O1. The Morgan fingerprint density at radius 1 is 0.923 bits per heavy atom. The molecule has 0 saturated carbocycles. The molecule has 0 bridgehead atoms. The molecule has 5 nitrogen and oxygen atoms in total. The van der Waals surface area contributed by atoms with Crippen LogP contribution < -0.4 is 0 Å². The maximum atomic E-state index is 10.8. The first-order valence-corrected chi connectivity index (χ1v) is 14.5. The van der Waals surface area contributed by atoms with Gasteiger partial charge in [0.1, 0.15) is 18.3 Å². The lowest BCUT2D eigenvalue weighted by Crippen LogP contribution is -2.65. The number of aliphatic hydroxyl groups excluding tert-OH is 1. The van der Waals surface area contributed by atoms with Crippen LogP contribution in [0.15, 0.2) is 0 Å². The van der Waals surface area contributed by atoms with Crippen LogP contribution in [0.3, 0.4) is 0 Å². The number of aliphatic hydroxyl groups is 1. The molecule has 2 aliphatic rings. The van der Waals surface area contributed by atoms with Crippen molar-refractivity contribution >= 4 is 33.2 Å². The van der Waals surface area contributed by atoms with Gasteiger partial charge in [-0.15, -0.1) is 0 Å². The van der Waals surface area contributed by atoms with Gasteiger partial charge in [0.05, 0.1) is 12.6 Å². The normalized spacial score (nSPS) is 34.2. The second-order valence-corrected chi connectivity index (χ2v) is 18.1. The summed E-state index contributed by atoms with van der Waals surface area (Å²) in [6.07, 6.45) is -1.36. The van der Waals surface area contributed by atoms with Crippen molar-refractivity contribution in [3.63, 3.8) is 0 Å². The van der Waals surface area contributed by atoms with Gasteiger partial charge >= 0.3 is 17.1 Å². The zero-order valence-electron chi connectivity index (χ0n) is 17.6. The van der Waals surface area contributed by atoms with Gasteiger partial charge in [0.15, 0.2) is 7.00 Å². The van der Waals surface area contributed by atoms with E-state index in [0.717, 1.165) is 0 Å². The number of hydrogen-bond donors (Lipinski definition) is 1. The zero-order chi connectivity index (χ0) is 19.9. The molecule has 1 radical (unpaired) electrons. The summed E-state index contributed by atoms with van der Waals surface area (Å²) >= 11 is 0. The van der Waals surface area contributed by atoms with Gasteiger partial charge in [0, 0.05) is 0 Å². The highest BCUT2D eigenvalue weighted by atomic mass is 31.0. The predicted molar refractivity (Wildman–Crippen MR) is 114 cm³/mol. The molecule has 2 rings (SSSR count). The lowest BCUT2D eigenvalue weighted by Gasteiger charge is -2.51. The van der Waals surface area contributed by atoms with E-state index in [4.69, 9.17) is 17.7 Å². The molecule has 5 atom stereocenters. The van der Waals surface area contributed by atoms with Crippen LogP contribution in [-0.4, -0.2) is 60.1 Å². The summed E-state index contributed by atoms with van der Waals surface area (Å²) in [5, 5.41) is 10.8. The zero-order valence-corrected chi connectivity index (χ0v) is 20.7. The number of ether oxygens (including phenoxy) is 1. The highest BCUT2D eigenvalue weighted by Gasteiger charge is 2.61. The van der Waals surface area contributed by atoms with Crippen molar-refractivity contribution < 1.29 is 22.8 Å². The molecule has 2 heterocycles. The van der Waals surface area contributed by atoms with Crippen LogP contribution in [0.2, 0.25) is 22.2 Å². The summed E-state index contributed by atoms with van der Waals surface area (Å²) in [7, 11) is -2.67. The van der Waals surface area contributed by atoms with Crippen molar-refractivity contribution in [3.05, 3.63) is 0 Å². The molecular formula is C17H37BO5PSi2. The van der Waals surface area contributed by atoms with Crippen molar-refractivity contribution in [3.8, 4) is 0 Å². The van der Waals surface area contributed by atoms with Crippen LogP contribution in [0.25, 0.3) is 0 Å². The first kappa shape index (κ1) is 23.0. The molecule has 1 N–H and O–H groups in total. The van der Waals surface area contributed by atoms with E-state index in [-0.39, 0.29) is 23.2 Å². The van der Waals surface area contributed by atoms with Gasteiger partial charge in [-0.1, -0.05) is 55.4 Å². The smallest absolute Gasteiger partial charge is 0.335 e. The molecule has 2 unspecified atom stereocenters. The van der Waals surface area contributed by atoms with E-state index in [1.807, 2.05) is 7.00 Å². The number of fused-ring (bicyclic) bond motifs is 1. The van der Waals surface area contributed by atoms with Gasteiger partial charge in [0.25, 0.3) is 0 Å². The van der Waals surface area contributed by atoms with Crippen LogP contribution in [0.5, 0.6) is 0 Å². The highest BCUT2D eigenvalue weighted by Crippen LogP contribution is 2.47. The minimum Gasteiger partial charge on any atom is -0.414 e. The minimum absolute atomic E-state index is 0.250. The summed E-state index contributed by atoms with van der Waals surface area (Å²) in [5.41, 5.74) is 1.12. The van der Waals surface area contributed by atoms with Gasteiger partial charge in [0.2, 0.25) is 0 Å². The molecule has 2 fully saturated rings. The Bertz CT molecular complexity index is 464. The van der Waals surface area contributed by atoms with E-state index in [9.17, 15) is 5.11 Å². The van der Waals surface area contributed by atoms with E-state index >= 15 is 0 Å². The first-order valence-electron chi connectivity index (χ1n) is 9.92. The second-order valence-electron chi connectivity index (χ2n) is 8.88. The fraction of sp³-hybridized carbons (Fsp3) is 1.00. The van der Waals surface area contributed by atoms with Crippen molar-refractivity contribution in [2.24, 2.45) is 0 Å². The highest BCUT2D eigenvalue weighted by molar-refractivity contribution is 7.56. The monoisotopic (exact) mass is 419 g/mol. The predicted octanol–water partition coefficient (Wildman–Crippen LogP) is 3.52. The average Bonchev–Trinajstić information content (AvgIpc) is 2.81. The van der Waals surface area contributed by atoms with Crippen molar-refractivity contribution in [2.75, 3.05) is 6.61 Å². The van der Waals surface area contributed by atoms with Crippen LogP contribution in [-0.2, 0) is 17.7 Å². The molecule has 0 aromatic rings. The van der Waals surface area contributed by atoms with Gasteiger partial charge in [-0.2, -0.15) is 9.12 Å². The van der Waals surface area contributed by atoms with E-state index in [2.05, 4.69) is 64.5 Å². The standard InChI is InChI=1S/C17H37BO5PSi2/c1-10(2)25(11(3)4)20-9-14-16(15(19)17(18-24)21-14)22-26(23-25,12(5)6)13(7)8/h10-17,19H,9,24H2,1-8H3/t14-,15-,16?,17+/m0/s1. The van der Waals surface area contributed by atoms with Crippen molar-refractivity contribution in [1.29, 1.82) is 0 Å². The van der Waals surface area contributed by atoms with E-state index < -0.39 is 29.3 Å². The fourth-order valence-corrected chi connectivity index (χ4v) is 15.9. The van der Waals surface area contributed by atoms with Crippen molar-refractivity contribution in [2.45, 2.75) is 102 Å². The fourth-order valence-electron chi connectivity index (χ4n) is 4.34. The largest absolute Gasteiger partial charge is 0.414 e. The lowest BCUT2D eigenvalue weighted by molar-refractivity contribution is -0.0319. The summed E-state index contributed by atoms with van der Waals surface area (Å²) in [6, 6.07) is -0.350. The number of rotatable bonds is 5. The molecule has 0 aromatic heterocycles. The van der Waals surface area contributed by atoms with Crippen LogP contribution in [0, 0.1) is 0 Å². The first-order chi connectivity index (χ1) is 12.0. The Morgan fingerprint density at radius 2 is 1.42 bits per heavy atom. The van der Waals surface area contributed by atoms with Crippen LogP contribution in [0.1, 0.15) is 55.4 Å². The molecule has 0 aliphatic carbocycles. The summed E-state index contributed by atoms with van der Waals surface area (Å²) in [6.45, 7) is 19.8. The summed E-state index contributed by atoms with van der Waals surface area (Å²) < 4.78 is 26.6. The quantitative estimate of drug-likeness (QED) is 0.546. The molecule has 2 aliphatic heterocycles. The molecule has 9 heteroatoms. The van der Waals surface area contributed by atoms with Crippen molar-refractivity contribution in [1.82, 2.24) is 0 Å². The number of hydrogen-bond acceptors (Lipinski definition) is 5. The Hall–Kier alpha value is 0.729. The molecule has 2 saturated heterocycles. The van der Waals surface area contributed by atoms with Crippen LogP contribution in [0.4, 0.5) is 0 Å². The Kier molecular flexibility index (Phi) is 7.63. The Balaban J connectivity index is 2.52. The minimum atomic E-state index is -2.67. The summed E-state index contributed by atoms with van der Waals surface area (Å²) in [5.74, 6) is 0. The molecule has 0 spiro atoms. The lowest BCUT2D eigenvalue weighted by atomic mass is 9.91. The third-order valence-electron chi connectivity index (χ3n) is 5.89. The van der Waals surface area contributed by atoms with Gasteiger partial charge in [-0.05, 0) is 22.2 Å². The van der Waals surface area contributed by atoms with Crippen LogP contribution >= 0.6 is 9.12 Å². The second kappa shape index (κ2) is 8.62. The van der Waals surface area contributed by atoms with E-state index in [0.29, 0.717) is 17.7 Å². The molecule has 0 aromatic carbocycles. The summed E-state index contributed by atoms with van der Waals surface area (Å²) in [4.78, 5) is 0. The molecular weight excluding hydrogens is 382 g/mol. The molecule has 151 valence electrons. The van der Waals surface area contributed by atoms with Gasteiger partial charge < -0.3 is 22.8 Å². The third kappa shape index (κ3) is 3.90. The Labute approximate surface area is 164 Å². The maximum Gasteiger partial charge on any atom is 0.335 e. The topological polar surface area (TPSA) is 57.2 Å². The van der Waals surface area contributed by atoms with E-state index in [1.54, 1.807) is 0 Å². The third-order valence-corrected chi connectivity index (χ3v) is 16.5. The Morgan fingerprint density at radius 3 is 1.85 bits per heavy atom. The van der Waals surface area contributed by atoms with Gasteiger partial charge in [-0.25, -0.2) is 0 Å². The van der Waals surface area contributed by atoms with Gasteiger partial charge in [-0.3, -0.25) is 0 Å². The maximum absolute atomic E-state index is 10.8. The average molecular weight is 419 g/mol.